The quantitative estimate of drug-likeness (QED) is 0.198. The summed E-state index contributed by atoms with van der Waals surface area (Å²) < 4.78 is 11.0. The normalized spacial score (nSPS) is 15.5. The predicted octanol–water partition coefficient (Wildman–Crippen LogP) is 7.42. The van der Waals surface area contributed by atoms with Crippen molar-refractivity contribution in [1.82, 2.24) is 0 Å². The third-order valence-corrected chi connectivity index (χ3v) is 4.94. The molecular formula is C28H42O3. The summed E-state index contributed by atoms with van der Waals surface area (Å²) in [6.45, 7) is 13.5. The summed E-state index contributed by atoms with van der Waals surface area (Å²) in [6.07, 6.45) is 14.4. The topological polar surface area (TPSA) is 35.5 Å². The van der Waals surface area contributed by atoms with E-state index in [1.54, 1.807) is 12.2 Å². The molecule has 0 amide bonds. The molecule has 1 aliphatic rings. The van der Waals surface area contributed by atoms with E-state index >= 15 is 0 Å². The molecule has 0 aromatic heterocycles. The zero-order chi connectivity index (χ0) is 22.7. The molecule has 1 aromatic carbocycles. The number of benzene rings is 1. The van der Waals surface area contributed by atoms with Crippen LogP contribution in [0.4, 0.5) is 0 Å². The summed E-state index contributed by atoms with van der Waals surface area (Å²) in [4.78, 5) is 12.1. The molecule has 0 fully saturated rings. The third-order valence-electron chi connectivity index (χ3n) is 4.94. The molecule has 3 heteroatoms. The van der Waals surface area contributed by atoms with Crippen LogP contribution in [-0.4, -0.2) is 25.1 Å². The number of aryl methyl sites for hydroxylation is 1. The number of unbranched alkanes of at least 4 members (excludes halogenated alkanes) is 3. The smallest absolute Gasteiger partial charge is 0.196 e. The van der Waals surface area contributed by atoms with Crippen LogP contribution in [0.25, 0.3) is 0 Å². The van der Waals surface area contributed by atoms with E-state index < -0.39 is 6.10 Å². The molecule has 31 heavy (non-hydrogen) atoms. The van der Waals surface area contributed by atoms with E-state index in [0.29, 0.717) is 6.42 Å². The standard InChI is InChI=1S/C22H26O2.C6H14O.H2/c1-3-5-6-7-8-9-19-10-14-20(15-11-19)24-22-17-13-18(4-2)12-16-21(22)23;1-3-5-7-6-4-2;/h3,10-12,14-16,22H,1-2,5-9,13,17H2;3-6H2,1-2H3;1H. The van der Waals surface area contributed by atoms with Gasteiger partial charge < -0.3 is 9.47 Å². The van der Waals surface area contributed by atoms with Crippen LogP contribution in [0.1, 0.15) is 72.2 Å². The Kier molecular flexibility index (Phi) is 14.9. The van der Waals surface area contributed by atoms with Gasteiger partial charge in [-0.05, 0) is 86.8 Å². The van der Waals surface area contributed by atoms with Crippen molar-refractivity contribution in [3.63, 3.8) is 0 Å². The van der Waals surface area contributed by atoms with E-state index in [-0.39, 0.29) is 7.21 Å². The molecule has 0 heterocycles. The molecule has 2 rings (SSSR count). The van der Waals surface area contributed by atoms with E-state index in [4.69, 9.17) is 9.47 Å². The molecule has 0 bridgehead atoms. The number of allylic oxidation sites excluding steroid dienone is 3. The Bertz CT molecular complexity index is 711. The van der Waals surface area contributed by atoms with Gasteiger partial charge in [0.1, 0.15) is 5.75 Å². The van der Waals surface area contributed by atoms with E-state index in [9.17, 15) is 4.79 Å². The minimum Gasteiger partial charge on any atom is -0.482 e. The van der Waals surface area contributed by atoms with Crippen molar-refractivity contribution in [3.8, 4) is 5.75 Å². The number of hydrogen-bond acceptors (Lipinski definition) is 3. The van der Waals surface area contributed by atoms with Gasteiger partial charge in [-0.25, -0.2) is 0 Å². The number of ether oxygens (including phenoxy) is 2. The molecular weight excluding hydrogens is 384 g/mol. The molecule has 3 nitrogen and oxygen atoms in total. The second kappa shape index (κ2) is 17.3. The average Bonchev–Trinajstić information content (AvgIpc) is 2.97. The van der Waals surface area contributed by atoms with Crippen molar-refractivity contribution in [1.29, 1.82) is 0 Å². The maximum Gasteiger partial charge on any atom is 0.196 e. The highest BCUT2D eigenvalue weighted by atomic mass is 16.5. The number of hydrogen-bond donors (Lipinski definition) is 0. The Hall–Kier alpha value is -2.35. The molecule has 0 spiro atoms. The van der Waals surface area contributed by atoms with E-state index in [1.807, 2.05) is 18.2 Å². The first kappa shape index (κ1) is 26.7. The highest BCUT2D eigenvalue weighted by molar-refractivity contribution is 5.94. The Morgan fingerprint density at radius 3 is 2.42 bits per heavy atom. The first-order chi connectivity index (χ1) is 15.1. The van der Waals surface area contributed by atoms with Crippen LogP contribution in [0.5, 0.6) is 5.75 Å². The number of rotatable bonds is 12. The number of carbonyl (C=O) groups is 1. The Morgan fingerprint density at radius 2 is 1.81 bits per heavy atom. The van der Waals surface area contributed by atoms with Crippen molar-refractivity contribution >= 4 is 5.78 Å². The molecule has 1 aliphatic carbocycles. The highest BCUT2D eigenvalue weighted by Crippen LogP contribution is 2.21. The first-order valence-electron chi connectivity index (χ1n) is 11.7. The van der Waals surface area contributed by atoms with Crippen LogP contribution in [0.2, 0.25) is 0 Å². The Morgan fingerprint density at radius 1 is 1.10 bits per heavy atom. The van der Waals surface area contributed by atoms with Gasteiger partial charge in [0.05, 0.1) is 0 Å². The SMILES string of the molecule is C=C=C1C=CC(=O)C(Oc2ccc(CCCCCC=C)cc2)CC1.CCCOCCC.[HH]. The lowest BCUT2D eigenvalue weighted by Crippen LogP contribution is -2.24. The summed E-state index contributed by atoms with van der Waals surface area (Å²) in [5, 5.41) is 0. The zero-order valence-electron chi connectivity index (χ0n) is 19.5. The van der Waals surface area contributed by atoms with Crippen molar-refractivity contribution in [2.75, 3.05) is 13.2 Å². The second-order valence-corrected chi connectivity index (χ2v) is 7.73. The Balaban J connectivity index is 0.00000104. The van der Waals surface area contributed by atoms with Gasteiger partial charge in [0.25, 0.3) is 0 Å². The third kappa shape index (κ3) is 12.2. The van der Waals surface area contributed by atoms with E-state index in [0.717, 1.165) is 56.6 Å². The highest BCUT2D eigenvalue weighted by Gasteiger charge is 2.20. The van der Waals surface area contributed by atoms with Gasteiger partial charge in [-0.3, -0.25) is 4.79 Å². The Labute approximate surface area is 191 Å². The van der Waals surface area contributed by atoms with Crippen molar-refractivity contribution in [2.24, 2.45) is 0 Å². The van der Waals surface area contributed by atoms with E-state index in [1.165, 1.54) is 24.8 Å². The lowest BCUT2D eigenvalue weighted by atomic mass is 10.1. The van der Waals surface area contributed by atoms with Gasteiger partial charge in [0, 0.05) is 14.6 Å². The minimum absolute atomic E-state index is 0. The van der Waals surface area contributed by atoms with Crippen LogP contribution in [-0.2, 0) is 16.0 Å². The second-order valence-electron chi connectivity index (χ2n) is 7.73. The summed E-state index contributed by atoms with van der Waals surface area (Å²) in [5.74, 6) is 0.759. The van der Waals surface area contributed by atoms with Crippen LogP contribution < -0.4 is 4.74 Å². The van der Waals surface area contributed by atoms with Gasteiger partial charge >= 0.3 is 0 Å². The number of carbonyl (C=O) groups excluding carboxylic acids is 1. The molecule has 1 atom stereocenters. The molecule has 172 valence electrons. The van der Waals surface area contributed by atoms with Crippen LogP contribution in [0.3, 0.4) is 0 Å². The average molecular weight is 427 g/mol. The largest absolute Gasteiger partial charge is 0.482 e. The van der Waals surface area contributed by atoms with Gasteiger partial charge in [-0.15, -0.1) is 12.3 Å². The fourth-order valence-corrected chi connectivity index (χ4v) is 3.15. The van der Waals surface area contributed by atoms with Gasteiger partial charge in [-0.1, -0.05) is 45.1 Å². The fourth-order valence-electron chi connectivity index (χ4n) is 3.15. The molecule has 0 aliphatic heterocycles. The van der Waals surface area contributed by atoms with Crippen LogP contribution in [0.15, 0.2) is 67.0 Å². The zero-order valence-corrected chi connectivity index (χ0v) is 19.5. The molecule has 0 N–H and O–H groups in total. The monoisotopic (exact) mass is 426 g/mol. The van der Waals surface area contributed by atoms with Crippen LogP contribution in [0, 0.1) is 0 Å². The molecule has 0 saturated heterocycles. The summed E-state index contributed by atoms with van der Waals surface area (Å²) in [5.41, 5.74) is 5.12. The first-order valence-corrected chi connectivity index (χ1v) is 11.7. The molecule has 1 aromatic rings. The van der Waals surface area contributed by atoms with Gasteiger partial charge in [0.15, 0.2) is 11.9 Å². The molecule has 0 saturated carbocycles. The van der Waals surface area contributed by atoms with Crippen molar-refractivity contribution in [2.45, 2.75) is 77.7 Å². The van der Waals surface area contributed by atoms with Crippen molar-refractivity contribution in [3.05, 3.63) is 72.5 Å². The van der Waals surface area contributed by atoms with Crippen LogP contribution >= 0.6 is 0 Å². The maximum atomic E-state index is 12.1. The van der Waals surface area contributed by atoms with E-state index in [2.05, 4.69) is 44.9 Å². The lowest BCUT2D eigenvalue weighted by molar-refractivity contribution is -0.121. The summed E-state index contributed by atoms with van der Waals surface area (Å²) in [7, 11) is 0. The minimum atomic E-state index is -0.420. The number of ketones is 1. The fraction of sp³-hybridized carbons (Fsp3) is 0.500. The summed E-state index contributed by atoms with van der Waals surface area (Å²) >= 11 is 0. The van der Waals surface area contributed by atoms with Crippen molar-refractivity contribution < 1.29 is 15.7 Å². The van der Waals surface area contributed by atoms with Gasteiger partial charge in [0.2, 0.25) is 0 Å². The predicted molar refractivity (Wildman–Crippen MR) is 133 cm³/mol. The maximum absolute atomic E-state index is 12.1. The van der Waals surface area contributed by atoms with Gasteiger partial charge in [-0.2, -0.15) is 0 Å². The molecule has 1 unspecified atom stereocenters. The molecule has 0 radical (unpaired) electrons. The lowest BCUT2D eigenvalue weighted by Gasteiger charge is -2.15. The summed E-state index contributed by atoms with van der Waals surface area (Å²) in [6, 6.07) is 8.11.